The van der Waals surface area contributed by atoms with E-state index in [-0.39, 0.29) is 6.10 Å². The highest BCUT2D eigenvalue weighted by Gasteiger charge is 2.15. The highest BCUT2D eigenvalue weighted by atomic mass is 16.5. The molecule has 0 aromatic heterocycles. The van der Waals surface area contributed by atoms with Crippen LogP contribution in [0, 0.1) is 0 Å². The van der Waals surface area contributed by atoms with Crippen LogP contribution in [-0.2, 0) is 12.8 Å². The van der Waals surface area contributed by atoms with E-state index in [1.165, 1.54) is 11.1 Å². The van der Waals surface area contributed by atoms with Crippen LogP contribution in [0.5, 0.6) is 5.75 Å². The first kappa shape index (κ1) is 10.5. The number of nitrogens with two attached hydrogens (primary N) is 1. The molecule has 0 saturated carbocycles. The molecule has 0 fully saturated rings. The van der Waals surface area contributed by atoms with Crippen molar-refractivity contribution in [1.82, 2.24) is 0 Å². The summed E-state index contributed by atoms with van der Waals surface area (Å²) in [6.07, 6.45) is 3.44. The molecular weight excluding hydrogens is 186 g/mol. The maximum atomic E-state index is 5.94. The van der Waals surface area contributed by atoms with Gasteiger partial charge in [0.05, 0.1) is 6.10 Å². The summed E-state index contributed by atoms with van der Waals surface area (Å²) >= 11 is 0. The van der Waals surface area contributed by atoms with Gasteiger partial charge in [0.15, 0.2) is 0 Å². The number of rotatable bonds is 2. The quantitative estimate of drug-likeness (QED) is 0.804. The van der Waals surface area contributed by atoms with Crippen LogP contribution in [0.15, 0.2) is 18.2 Å². The second-order valence-corrected chi connectivity index (χ2v) is 4.60. The van der Waals surface area contributed by atoms with Crippen molar-refractivity contribution in [3.8, 4) is 5.75 Å². The van der Waals surface area contributed by atoms with Crippen molar-refractivity contribution >= 4 is 0 Å². The van der Waals surface area contributed by atoms with E-state index in [2.05, 4.69) is 32.0 Å². The molecule has 1 aromatic rings. The average Bonchev–Trinajstić information content (AvgIpc) is 2.17. The highest BCUT2D eigenvalue weighted by molar-refractivity contribution is 5.37. The molecule has 1 aliphatic rings. The molecule has 0 radical (unpaired) electrons. The van der Waals surface area contributed by atoms with E-state index in [1.807, 2.05) is 0 Å². The number of fused-ring (bicyclic) bond motifs is 1. The summed E-state index contributed by atoms with van der Waals surface area (Å²) in [5, 5.41) is 0. The highest BCUT2D eigenvalue weighted by Crippen LogP contribution is 2.25. The van der Waals surface area contributed by atoms with Gasteiger partial charge in [-0.3, -0.25) is 0 Å². The zero-order valence-corrected chi connectivity index (χ0v) is 9.49. The van der Waals surface area contributed by atoms with Crippen molar-refractivity contribution in [2.75, 3.05) is 0 Å². The van der Waals surface area contributed by atoms with E-state index >= 15 is 0 Å². The van der Waals surface area contributed by atoms with Gasteiger partial charge in [-0.05, 0) is 56.4 Å². The van der Waals surface area contributed by atoms with Crippen molar-refractivity contribution in [1.29, 1.82) is 0 Å². The van der Waals surface area contributed by atoms with Crippen LogP contribution in [0.4, 0.5) is 0 Å². The Hall–Kier alpha value is -1.02. The molecule has 1 aliphatic carbocycles. The number of hydrogen-bond donors (Lipinski definition) is 1. The maximum absolute atomic E-state index is 5.94. The number of benzene rings is 1. The van der Waals surface area contributed by atoms with Gasteiger partial charge in [0.25, 0.3) is 0 Å². The third-order valence-corrected chi connectivity index (χ3v) is 2.82. The third-order valence-electron chi connectivity index (χ3n) is 2.82. The molecule has 2 heteroatoms. The summed E-state index contributed by atoms with van der Waals surface area (Å²) in [5.74, 6) is 0.985. The van der Waals surface area contributed by atoms with Crippen LogP contribution in [0.1, 0.15) is 31.4 Å². The molecule has 0 heterocycles. The first-order valence-corrected chi connectivity index (χ1v) is 5.69. The van der Waals surface area contributed by atoms with E-state index in [0.29, 0.717) is 6.04 Å². The number of hydrogen-bond acceptors (Lipinski definition) is 2. The predicted molar refractivity (Wildman–Crippen MR) is 62.2 cm³/mol. The van der Waals surface area contributed by atoms with Crippen molar-refractivity contribution in [2.45, 2.75) is 45.3 Å². The Bertz CT molecular complexity index is 346. The van der Waals surface area contributed by atoms with Crippen LogP contribution in [-0.4, -0.2) is 12.1 Å². The minimum Gasteiger partial charge on any atom is -0.491 e. The molecule has 15 heavy (non-hydrogen) atoms. The summed E-state index contributed by atoms with van der Waals surface area (Å²) < 4.78 is 5.68. The zero-order chi connectivity index (χ0) is 10.8. The Morgan fingerprint density at radius 2 is 2.13 bits per heavy atom. The lowest BCUT2D eigenvalue weighted by Gasteiger charge is -2.22. The van der Waals surface area contributed by atoms with Crippen molar-refractivity contribution in [3.05, 3.63) is 29.3 Å². The van der Waals surface area contributed by atoms with Gasteiger partial charge in [-0.25, -0.2) is 0 Å². The lowest BCUT2D eigenvalue weighted by molar-refractivity contribution is 0.242. The third kappa shape index (κ3) is 2.51. The van der Waals surface area contributed by atoms with E-state index in [0.717, 1.165) is 25.0 Å². The molecule has 0 aliphatic heterocycles. The molecule has 0 spiro atoms. The van der Waals surface area contributed by atoms with Crippen molar-refractivity contribution in [2.24, 2.45) is 5.73 Å². The van der Waals surface area contributed by atoms with E-state index in [1.54, 1.807) is 0 Å². The van der Waals surface area contributed by atoms with Crippen LogP contribution < -0.4 is 10.5 Å². The van der Waals surface area contributed by atoms with Gasteiger partial charge >= 0.3 is 0 Å². The molecule has 1 atom stereocenters. The molecule has 82 valence electrons. The first-order valence-electron chi connectivity index (χ1n) is 5.69. The number of ether oxygens (including phenoxy) is 1. The topological polar surface area (TPSA) is 35.2 Å². The van der Waals surface area contributed by atoms with E-state index < -0.39 is 0 Å². The second-order valence-electron chi connectivity index (χ2n) is 4.60. The maximum Gasteiger partial charge on any atom is 0.119 e. The minimum atomic E-state index is 0.244. The van der Waals surface area contributed by atoms with Crippen LogP contribution in [0.2, 0.25) is 0 Å². The average molecular weight is 205 g/mol. The standard InChI is InChI=1S/C13H19NO/c1-9(2)15-13-6-4-10-7-12(14)5-3-11(10)8-13/h4,6,8-9,12H,3,5,7,14H2,1-2H3. The smallest absolute Gasteiger partial charge is 0.119 e. The lowest BCUT2D eigenvalue weighted by Crippen LogP contribution is -2.27. The molecular formula is C13H19NO. The lowest BCUT2D eigenvalue weighted by atomic mass is 9.89. The number of aryl methyl sites for hydroxylation is 1. The molecule has 0 amide bonds. The van der Waals surface area contributed by atoms with Gasteiger partial charge in [0.2, 0.25) is 0 Å². The summed E-state index contributed by atoms with van der Waals surface area (Å²) in [5.41, 5.74) is 8.74. The summed E-state index contributed by atoms with van der Waals surface area (Å²) in [4.78, 5) is 0. The molecule has 1 aromatic carbocycles. The monoisotopic (exact) mass is 205 g/mol. The fraction of sp³-hybridized carbons (Fsp3) is 0.538. The van der Waals surface area contributed by atoms with Crippen LogP contribution in [0.3, 0.4) is 0 Å². The SMILES string of the molecule is CC(C)Oc1ccc2c(c1)CCC(N)C2. The Morgan fingerprint density at radius 3 is 2.87 bits per heavy atom. The van der Waals surface area contributed by atoms with Gasteiger partial charge in [-0.2, -0.15) is 0 Å². The first-order chi connectivity index (χ1) is 7.15. The molecule has 2 nitrogen and oxygen atoms in total. The van der Waals surface area contributed by atoms with E-state index in [4.69, 9.17) is 10.5 Å². The Kier molecular flexibility index (Phi) is 2.96. The van der Waals surface area contributed by atoms with Gasteiger partial charge in [0.1, 0.15) is 5.75 Å². The second kappa shape index (κ2) is 4.23. The van der Waals surface area contributed by atoms with Crippen LogP contribution >= 0.6 is 0 Å². The molecule has 2 N–H and O–H groups in total. The predicted octanol–water partition coefficient (Wildman–Crippen LogP) is 2.29. The molecule has 2 rings (SSSR count). The van der Waals surface area contributed by atoms with Gasteiger partial charge in [-0.1, -0.05) is 6.07 Å². The zero-order valence-electron chi connectivity index (χ0n) is 9.49. The fourth-order valence-corrected chi connectivity index (χ4v) is 2.11. The molecule has 0 bridgehead atoms. The normalized spacial score (nSPS) is 20.1. The Morgan fingerprint density at radius 1 is 1.33 bits per heavy atom. The Balaban J connectivity index is 2.19. The van der Waals surface area contributed by atoms with Crippen molar-refractivity contribution < 1.29 is 4.74 Å². The summed E-state index contributed by atoms with van der Waals surface area (Å²) in [6.45, 7) is 4.10. The van der Waals surface area contributed by atoms with E-state index in [9.17, 15) is 0 Å². The summed E-state index contributed by atoms with van der Waals surface area (Å²) in [6, 6.07) is 6.72. The molecule has 0 saturated heterocycles. The van der Waals surface area contributed by atoms with Gasteiger partial charge < -0.3 is 10.5 Å². The Labute approximate surface area is 91.4 Å². The fourth-order valence-electron chi connectivity index (χ4n) is 2.11. The largest absolute Gasteiger partial charge is 0.491 e. The summed E-state index contributed by atoms with van der Waals surface area (Å²) in [7, 11) is 0. The van der Waals surface area contributed by atoms with Gasteiger partial charge in [0, 0.05) is 6.04 Å². The van der Waals surface area contributed by atoms with Gasteiger partial charge in [-0.15, -0.1) is 0 Å². The molecule has 1 unspecified atom stereocenters. The minimum absolute atomic E-state index is 0.244. The van der Waals surface area contributed by atoms with Crippen molar-refractivity contribution in [3.63, 3.8) is 0 Å². The van der Waals surface area contributed by atoms with Crippen LogP contribution in [0.25, 0.3) is 0 Å².